The van der Waals surface area contributed by atoms with Crippen molar-refractivity contribution >= 4 is 0 Å². The zero-order chi connectivity index (χ0) is 13.7. The summed E-state index contributed by atoms with van der Waals surface area (Å²) in [6.45, 7) is 5.29. The number of hydrogen-bond donors (Lipinski definition) is 1. The summed E-state index contributed by atoms with van der Waals surface area (Å²) in [5.41, 5.74) is 3.93. The van der Waals surface area contributed by atoms with Gasteiger partial charge in [-0.3, -0.25) is 0 Å². The van der Waals surface area contributed by atoms with E-state index in [0.717, 1.165) is 13.0 Å². The quantitative estimate of drug-likeness (QED) is 0.862. The first kappa shape index (κ1) is 13.8. The molecule has 1 aromatic heterocycles. The molecule has 0 amide bonds. The number of imidazole rings is 1. The van der Waals surface area contributed by atoms with Crippen molar-refractivity contribution in [3.8, 4) is 0 Å². The van der Waals surface area contributed by atoms with Gasteiger partial charge in [-0.25, -0.2) is 4.98 Å². The minimum Gasteiger partial charge on any atom is -0.336 e. The van der Waals surface area contributed by atoms with Crippen molar-refractivity contribution in [2.45, 2.75) is 32.7 Å². The molecule has 2 aromatic rings. The van der Waals surface area contributed by atoms with Crippen LogP contribution in [-0.2, 0) is 13.5 Å². The van der Waals surface area contributed by atoms with Crippen LogP contribution in [0.15, 0.2) is 36.8 Å². The molecule has 2 rings (SSSR count). The van der Waals surface area contributed by atoms with Gasteiger partial charge in [-0.2, -0.15) is 0 Å². The summed E-state index contributed by atoms with van der Waals surface area (Å²) in [6.07, 6.45) is 6.12. The molecule has 0 bridgehead atoms. The molecular weight excluding hydrogens is 234 g/mol. The lowest BCUT2D eigenvalue weighted by Crippen LogP contribution is -2.24. The van der Waals surface area contributed by atoms with Crippen molar-refractivity contribution < 1.29 is 0 Å². The van der Waals surface area contributed by atoms with Crippen LogP contribution in [0, 0.1) is 0 Å². The molecule has 1 aromatic carbocycles. The Morgan fingerprint density at radius 3 is 2.79 bits per heavy atom. The van der Waals surface area contributed by atoms with Gasteiger partial charge < -0.3 is 9.88 Å². The molecule has 3 heteroatoms. The topological polar surface area (TPSA) is 29.9 Å². The number of nitrogens with zero attached hydrogens (tertiary/aromatic N) is 2. The molecule has 19 heavy (non-hydrogen) atoms. The highest BCUT2D eigenvalue weighted by Gasteiger charge is 2.16. The van der Waals surface area contributed by atoms with E-state index in [4.69, 9.17) is 0 Å². The number of nitrogens with one attached hydrogen (secondary N) is 1. The zero-order valence-electron chi connectivity index (χ0n) is 12.1. The SMILES string of the molecule is CCCc1cccc(C(NCC)c2cncn2C)c1. The number of hydrogen-bond acceptors (Lipinski definition) is 2. The summed E-state index contributed by atoms with van der Waals surface area (Å²) in [6, 6.07) is 9.08. The molecule has 0 aliphatic rings. The molecule has 0 saturated heterocycles. The third-order valence-corrected chi connectivity index (χ3v) is 3.38. The number of rotatable bonds is 6. The minimum absolute atomic E-state index is 0.217. The lowest BCUT2D eigenvalue weighted by atomic mass is 9.99. The van der Waals surface area contributed by atoms with Gasteiger partial charge >= 0.3 is 0 Å². The van der Waals surface area contributed by atoms with Crippen LogP contribution in [0.4, 0.5) is 0 Å². The van der Waals surface area contributed by atoms with Gasteiger partial charge in [0, 0.05) is 7.05 Å². The predicted octanol–water partition coefficient (Wildman–Crippen LogP) is 3.07. The summed E-state index contributed by atoms with van der Waals surface area (Å²) in [5.74, 6) is 0. The van der Waals surface area contributed by atoms with Gasteiger partial charge in [0.15, 0.2) is 0 Å². The van der Waals surface area contributed by atoms with Crippen LogP contribution in [0.3, 0.4) is 0 Å². The number of benzene rings is 1. The minimum atomic E-state index is 0.217. The Hall–Kier alpha value is -1.61. The summed E-state index contributed by atoms with van der Waals surface area (Å²) in [5, 5.41) is 3.55. The van der Waals surface area contributed by atoms with Crippen molar-refractivity contribution in [3.63, 3.8) is 0 Å². The molecule has 1 N–H and O–H groups in total. The highest BCUT2D eigenvalue weighted by atomic mass is 15.1. The molecule has 0 spiro atoms. The number of aromatic nitrogens is 2. The zero-order valence-corrected chi connectivity index (χ0v) is 12.1. The first-order valence-electron chi connectivity index (χ1n) is 7.04. The second-order valence-corrected chi connectivity index (χ2v) is 4.92. The molecule has 0 aliphatic carbocycles. The Kier molecular flexibility index (Phi) is 4.74. The largest absolute Gasteiger partial charge is 0.336 e. The maximum absolute atomic E-state index is 4.23. The van der Waals surface area contributed by atoms with Crippen LogP contribution in [0.1, 0.15) is 43.1 Å². The third kappa shape index (κ3) is 3.24. The van der Waals surface area contributed by atoms with Gasteiger partial charge in [0.05, 0.1) is 24.3 Å². The second-order valence-electron chi connectivity index (χ2n) is 4.92. The van der Waals surface area contributed by atoms with E-state index in [1.807, 2.05) is 19.6 Å². The van der Waals surface area contributed by atoms with Crippen molar-refractivity contribution in [2.24, 2.45) is 7.05 Å². The highest BCUT2D eigenvalue weighted by molar-refractivity contribution is 5.31. The van der Waals surface area contributed by atoms with E-state index >= 15 is 0 Å². The van der Waals surface area contributed by atoms with Crippen LogP contribution < -0.4 is 5.32 Å². The van der Waals surface area contributed by atoms with Crippen molar-refractivity contribution in [1.29, 1.82) is 0 Å². The summed E-state index contributed by atoms with van der Waals surface area (Å²) < 4.78 is 2.08. The fourth-order valence-corrected chi connectivity index (χ4v) is 2.46. The Labute approximate surface area is 115 Å². The maximum atomic E-state index is 4.23. The van der Waals surface area contributed by atoms with E-state index in [-0.39, 0.29) is 6.04 Å². The predicted molar refractivity (Wildman–Crippen MR) is 79.2 cm³/mol. The number of aryl methyl sites for hydroxylation is 2. The lowest BCUT2D eigenvalue weighted by Gasteiger charge is -2.19. The van der Waals surface area contributed by atoms with E-state index < -0.39 is 0 Å². The fraction of sp³-hybridized carbons (Fsp3) is 0.438. The first-order valence-corrected chi connectivity index (χ1v) is 7.04. The molecule has 1 heterocycles. The highest BCUT2D eigenvalue weighted by Crippen LogP contribution is 2.22. The van der Waals surface area contributed by atoms with E-state index in [1.165, 1.54) is 23.2 Å². The Morgan fingerprint density at radius 2 is 2.16 bits per heavy atom. The van der Waals surface area contributed by atoms with E-state index in [1.54, 1.807) is 0 Å². The van der Waals surface area contributed by atoms with E-state index in [9.17, 15) is 0 Å². The summed E-state index contributed by atoms with van der Waals surface area (Å²) in [4.78, 5) is 4.23. The molecular formula is C16H23N3. The van der Waals surface area contributed by atoms with Crippen LogP contribution in [0.2, 0.25) is 0 Å². The van der Waals surface area contributed by atoms with Crippen LogP contribution in [0.5, 0.6) is 0 Å². The van der Waals surface area contributed by atoms with Gasteiger partial charge in [0.2, 0.25) is 0 Å². The van der Waals surface area contributed by atoms with Gasteiger partial charge in [-0.1, -0.05) is 44.5 Å². The fourth-order valence-electron chi connectivity index (χ4n) is 2.46. The van der Waals surface area contributed by atoms with Crippen LogP contribution in [0.25, 0.3) is 0 Å². The molecule has 0 fully saturated rings. The molecule has 1 unspecified atom stereocenters. The Morgan fingerprint density at radius 1 is 1.32 bits per heavy atom. The van der Waals surface area contributed by atoms with Crippen LogP contribution >= 0.6 is 0 Å². The van der Waals surface area contributed by atoms with Gasteiger partial charge in [-0.05, 0) is 24.1 Å². The van der Waals surface area contributed by atoms with E-state index in [0.29, 0.717) is 0 Å². The van der Waals surface area contributed by atoms with Crippen molar-refractivity contribution in [2.75, 3.05) is 6.54 Å². The van der Waals surface area contributed by atoms with Crippen molar-refractivity contribution in [1.82, 2.24) is 14.9 Å². The average molecular weight is 257 g/mol. The summed E-state index contributed by atoms with van der Waals surface area (Å²) >= 11 is 0. The smallest absolute Gasteiger partial charge is 0.0946 e. The third-order valence-electron chi connectivity index (χ3n) is 3.38. The molecule has 102 valence electrons. The average Bonchev–Trinajstić information content (AvgIpc) is 2.83. The van der Waals surface area contributed by atoms with Gasteiger partial charge in [-0.15, -0.1) is 0 Å². The van der Waals surface area contributed by atoms with Gasteiger partial charge in [0.25, 0.3) is 0 Å². The molecule has 0 aliphatic heterocycles. The molecule has 0 radical (unpaired) electrons. The summed E-state index contributed by atoms with van der Waals surface area (Å²) in [7, 11) is 2.04. The van der Waals surface area contributed by atoms with Crippen molar-refractivity contribution in [3.05, 3.63) is 53.6 Å². The normalized spacial score (nSPS) is 12.6. The maximum Gasteiger partial charge on any atom is 0.0946 e. The lowest BCUT2D eigenvalue weighted by molar-refractivity contribution is 0.593. The molecule has 3 nitrogen and oxygen atoms in total. The Bertz CT molecular complexity index is 516. The first-order chi connectivity index (χ1) is 9.26. The second kappa shape index (κ2) is 6.53. The van der Waals surface area contributed by atoms with E-state index in [2.05, 4.69) is 53.0 Å². The standard InChI is InChI=1S/C16H23N3/c1-4-7-13-8-6-9-14(10-13)16(18-5-2)15-11-17-12-19(15)3/h6,8-12,16,18H,4-5,7H2,1-3H3. The van der Waals surface area contributed by atoms with Crippen LogP contribution in [-0.4, -0.2) is 16.1 Å². The van der Waals surface area contributed by atoms with Gasteiger partial charge in [0.1, 0.15) is 0 Å². The molecule has 0 saturated carbocycles. The monoisotopic (exact) mass is 257 g/mol. The molecule has 1 atom stereocenters. The Balaban J connectivity index is 2.33.